The molecule has 0 bridgehead atoms. The third-order valence-electron chi connectivity index (χ3n) is 3.49. The molecular formula is C15H16ClN3S2. The molecule has 0 fully saturated rings. The molecule has 3 heterocycles. The topological polar surface area (TPSA) is 29.0 Å². The van der Waals surface area contributed by atoms with Crippen LogP contribution in [0.3, 0.4) is 0 Å². The van der Waals surface area contributed by atoms with Crippen LogP contribution in [0.2, 0.25) is 5.15 Å². The van der Waals surface area contributed by atoms with Crippen molar-refractivity contribution in [2.75, 3.05) is 7.05 Å². The number of aromatic nitrogens is 2. The number of nitrogens with zero attached hydrogens (tertiary/aromatic N) is 3. The maximum atomic E-state index is 6.43. The summed E-state index contributed by atoms with van der Waals surface area (Å²) in [6, 6.07) is 4.60. The maximum absolute atomic E-state index is 6.43. The van der Waals surface area contributed by atoms with Crippen molar-refractivity contribution < 1.29 is 0 Å². The van der Waals surface area contributed by atoms with Crippen LogP contribution in [0.1, 0.15) is 19.7 Å². The fourth-order valence-corrected chi connectivity index (χ4v) is 4.16. The molecule has 110 valence electrons. The normalized spacial score (nSPS) is 11.9. The van der Waals surface area contributed by atoms with Gasteiger partial charge in [-0.1, -0.05) is 17.7 Å². The van der Waals surface area contributed by atoms with Gasteiger partial charge in [-0.15, -0.1) is 22.7 Å². The minimum absolute atomic E-state index is 0.452. The summed E-state index contributed by atoms with van der Waals surface area (Å²) in [5.74, 6) is 0.781. The van der Waals surface area contributed by atoms with Crippen molar-refractivity contribution in [3.05, 3.63) is 33.9 Å². The van der Waals surface area contributed by atoms with Crippen LogP contribution in [0.15, 0.2) is 22.9 Å². The molecule has 21 heavy (non-hydrogen) atoms. The van der Waals surface area contributed by atoms with E-state index in [1.54, 1.807) is 22.7 Å². The third kappa shape index (κ3) is 2.97. The number of thiophene rings is 2. The molecule has 0 saturated heterocycles. The average Bonchev–Trinajstić information content (AvgIpc) is 3.06. The van der Waals surface area contributed by atoms with Crippen molar-refractivity contribution in [1.29, 1.82) is 0 Å². The highest BCUT2D eigenvalue weighted by atomic mass is 35.5. The van der Waals surface area contributed by atoms with Crippen LogP contribution in [0, 0.1) is 0 Å². The standard InChI is InChI=1S/C15H16ClN3S2/c1-9(2)19(3)7-12-17-14(16)13-10(8-21-15(13)18-12)11-5-4-6-20-11/h4-6,8-9H,7H2,1-3H3. The predicted molar refractivity (Wildman–Crippen MR) is 92.3 cm³/mol. The largest absolute Gasteiger partial charge is 0.297 e. The van der Waals surface area contributed by atoms with Crippen LogP contribution in [0.25, 0.3) is 20.7 Å². The number of rotatable bonds is 4. The van der Waals surface area contributed by atoms with Crippen LogP contribution in [0.4, 0.5) is 0 Å². The van der Waals surface area contributed by atoms with Gasteiger partial charge in [-0.2, -0.15) is 0 Å². The summed E-state index contributed by atoms with van der Waals surface area (Å²) in [4.78, 5) is 13.5. The average molecular weight is 338 g/mol. The molecule has 6 heteroatoms. The SMILES string of the molecule is CC(C)N(C)Cc1nc(Cl)c2c(-c3cccs3)csc2n1. The Morgan fingerprint density at radius 3 is 2.76 bits per heavy atom. The van der Waals surface area contributed by atoms with Gasteiger partial charge >= 0.3 is 0 Å². The minimum atomic E-state index is 0.452. The van der Waals surface area contributed by atoms with E-state index < -0.39 is 0 Å². The number of halogens is 1. The van der Waals surface area contributed by atoms with Gasteiger partial charge in [0.25, 0.3) is 0 Å². The summed E-state index contributed by atoms with van der Waals surface area (Å²) in [6.07, 6.45) is 0. The molecule has 3 rings (SSSR count). The number of fused-ring (bicyclic) bond motifs is 1. The molecule has 0 aliphatic heterocycles. The second-order valence-electron chi connectivity index (χ2n) is 5.25. The molecule has 0 aliphatic carbocycles. The quantitative estimate of drug-likeness (QED) is 0.633. The van der Waals surface area contributed by atoms with Crippen molar-refractivity contribution in [3.8, 4) is 10.4 Å². The molecule has 0 aromatic carbocycles. The van der Waals surface area contributed by atoms with Gasteiger partial charge in [0.2, 0.25) is 0 Å². The van der Waals surface area contributed by atoms with Gasteiger partial charge in [0.15, 0.2) is 0 Å². The van der Waals surface area contributed by atoms with E-state index in [1.165, 1.54) is 4.88 Å². The smallest absolute Gasteiger partial charge is 0.145 e. The van der Waals surface area contributed by atoms with E-state index in [1.807, 2.05) is 6.07 Å². The minimum Gasteiger partial charge on any atom is -0.297 e. The highest BCUT2D eigenvalue weighted by Crippen LogP contribution is 2.38. The van der Waals surface area contributed by atoms with Gasteiger partial charge < -0.3 is 0 Å². The zero-order chi connectivity index (χ0) is 15.0. The van der Waals surface area contributed by atoms with Crippen LogP contribution < -0.4 is 0 Å². The van der Waals surface area contributed by atoms with E-state index in [4.69, 9.17) is 11.6 Å². The summed E-state index contributed by atoms with van der Waals surface area (Å²) in [5, 5.41) is 5.71. The van der Waals surface area contributed by atoms with E-state index >= 15 is 0 Å². The van der Waals surface area contributed by atoms with Crippen LogP contribution in [-0.2, 0) is 6.54 Å². The van der Waals surface area contributed by atoms with E-state index in [0.29, 0.717) is 17.7 Å². The van der Waals surface area contributed by atoms with Crippen molar-refractivity contribution in [2.24, 2.45) is 0 Å². The first-order chi connectivity index (χ1) is 10.1. The van der Waals surface area contributed by atoms with Crippen molar-refractivity contribution in [3.63, 3.8) is 0 Å². The lowest BCUT2D eigenvalue weighted by molar-refractivity contribution is 0.259. The Morgan fingerprint density at radius 2 is 2.10 bits per heavy atom. The van der Waals surface area contributed by atoms with Gasteiger partial charge in [-0.05, 0) is 32.3 Å². The molecule has 0 unspecified atom stereocenters. The van der Waals surface area contributed by atoms with Gasteiger partial charge in [-0.3, -0.25) is 4.90 Å². The number of hydrogen-bond donors (Lipinski definition) is 0. The summed E-state index contributed by atoms with van der Waals surface area (Å²) in [6.45, 7) is 5.01. The molecule has 0 atom stereocenters. The molecule has 0 aliphatic rings. The first-order valence-corrected chi connectivity index (χ1v) is 8.87. The van der Waals surface area contributed by atoms with E-state index in [9.17, 15) is 0 Å². The summed E-state index contributed by atoms with van der Waals surface area (Å²) >= 11 is 9.77. The van der Waals surface area contributed by atoms with E-state index in [0.717, 1.165) is 21.6 Å². The van der Waals surface area contributed by atoms with Crippen LogP contribution >= 0.6 is 34.3 Å². The molecular weight excluding hydrogens is 322 g/mol. The molecule has 3 nitrogen and oxygen atoms in total. The van der Waals surface area contributed by atoms with Gasteiger partial charge in [0, 0.05) is 21.9 Å². The molecule has 0 radical (unpaired) electrons. The Labute approximate surface area is 137 Å². The highest BCUT2D eigenvalue weighted by Gasteiger charge is 2.15. The maximum Gasteiger partial charge on any atom is 0.145 e. The Kier molecular flexibility index (Phi) is 4.26. The van der Waals surface area contributed by atoms with Gasteiger partial charge in [-0.25, -0.2) is 9.97 Å². The molecule has 0 N–H and O–H groups in total. The summed E-state index contributed by atoms with van der Waals surface area (Å²) in [5.41, 5.74) is 1.14. The second-order valence-corrected chi connectivity index (χ2v) is 7.41. The van der Waals surface area contributed by atoms with E-state index in [2.05, 4.69) is 52.6 Å². The summed E-state index contributed by atoms with van der Waals surface area (Å²) in [7, 11) is 2.07. The first-order valence-electron chi connectivity index (χ1n) is 6.74. The van der Waals surface area contributed by atoms with E-state index in [-0.39, 0.29) is 0 Å². The summed E-state index contributed by atoms with van der Waals surface area (Å²) < 4.78 is 0. The predicted octanol–water partition coefficient (Wildman–Crippen LogP) is 4.91. The fraction of sp³-hybridized carbons (Fsp3) is 0.333. The zero-order valence-electron chi connectivity index (χ0n) is 12.1. The van der Waals surface area contributed by atoms with Crippen LogP contribution in [0.5, 0.6) is 0 Å². The fourth-order valence-electron chi connectivity index (χ4n) is 2.03. The molecule has 0 saturated carbocycles. The van der Waals surface area contributed by atoms with Crippen LogP contribution in [-0.4, -0.2) is 28.0 Å². The number of hydrogen-bond acceptors (Lipinski definition) is 5. The third-order valence-corrected chi connectivity index (χ3v) is 5.54. The Bertz CT molecular complexity index is 750. The Hall–Kier alpha value is -1.01. The van der Waals surface area contributed by atoms with Crippen molar-refractivity contribution in [2.45, 2.75) is 26.4 Å². The lowest BCUT2D eigenvalue weighted by Gasteiger charge is -2.19. The molecule has 3 aromatic heterocycles. The van der Waals surface area contributed by atoms with Gasteiger partial charge in [0.05, 0.1) is 11.9 Å². The Balaban J connectivity index is 2.03. The monoisotopic (exact) mass is 337 g/mol. The zero-order valence-corrected chi connectivity index (χ0v) is 14.5. The molecule has 0 amide bonds. The van der Waals surface area contributed by atoms with Crippen molar-refractivity contribution >= 4 is 44.5 Å². The van der Waals surface area contributed by atoms with Gasteiger partial charge in [0.1, 0.15) is 15.8 Å². The lowest BCUT2D eigenvalue weighted by Crippen LogP contribution is -2.26. The second kappa shape index (κ2) is 6.01. The van der Waals surface area contributed by atoms with Crippen molar-refractivity contribution in [1.82, 2.24) is 14.9 Å². The lowest BCUT2D eigenvalue weighted by atomic mass is 10.2. The highest BCUT2D eigenvalue weighted by molar-refractivity contribution is 7.18. The Morgan fingerprint density at radius 1 is 1.29 bits per heavy atom. The molecule has 3 aromatic rings. The molecule has 0 spiro atoms. The first kappa shape index (κ1) is 14.9.